The molecule has 0 aromatic carbocycles. The second-order valence-corrected chi connectivity index (χ2v) is 5.10. The van der Waals surface area contributed by atoms with Gasteiger partial charge < -0.3 is 14.5 Å². The van der Waals surface area contributed by atoms with E-state index in [-0.39, 0.29) is 0 Å². The summed E-state index contributed by atoms with van der Waals surface area (Å²) in [5, 5.41) is 0. The smallest absolute Gasteiger partial charge is 0.336 e. The first-order valence-electron chi connectivity index (χ1n) is 4.49. The molecular formula is C8H17O5P. The molecule has 0 aromatic rings. The lowest BCUT2D eigenvalue weighted by Gasteiger charge is -2.26. The summed E-state index contributed by atoms with van der Waals surface area (Å²) in [6, 6.07) is 0. The summed E-state index contributed by atoms with van der Waals surface area (Å²) in [6.07, 6.45) is 0.398. The number of carbonyl (C=O) groups is 1. The van der Waals surface area contributed by atoms with Gasteiger partial charge in [0.2, 0.25) is 0 Å². The van der Waals surface area contributed by atoms with Crippen LogP contribution in [0.4, 0.5) is 0 Å². The van der Waals surface area contributed by atoms with Gasteiger partial charge in [-0.2, -0.15) is 0 Å². The molecule has 0 heterocycles. The second-order valence-electron chi connectivity index (χ2n) is 3.45. The summed E-state index contributed by atoms with van der Waals surface area (Å²) in [5.74, 6) is -0.843. The average molecular weight is 224 g/mol. The van der Waals surface area contributed by atoms with Crippen molar-refractivity contribution in [2.45, 2.75) is 39.2 Å². The van der Waals surface area contributed by atoms with E-state index < -0.39 is 25.3 Å². The first-order chi connectivity index (χ1) is 6.22. The van der Waals surface area contributed by atoms with Crippen LogP contribution < -0.4 is 0 Å². The van der Waals surface area contributed by atoms with Crippen molar-refractivity contribution >= 4 is 13.6 Å². The molecule has 0 spiro atoms. The van der Waals surface area contributed by atoms with Crippen molar-refractivity contribution < 1.29 is 23.9 Å². The topological polar surface area (TPSA) is 83.8 Å². The fraction of sp³-hybridized carbons (Fsp3) is 0.875. The van der Waals surface area contributed by atoms with E-state index in [0.717, 1.165) is 0 Å². The van der Waals surface area contributed by atoms with Crippen molar-refractivity contribution in [2.75, 3.05) is 6.16 Å². The van der Waals surface area contributed by atoms with Gasteiger partial charge in [-0.15, -0.1) is 0 Å². The average Bonchev–Trinajstić information content (AvgIpc) is 2.00. The van der Waals surface area contributed by atoms with Gasteiger partial charge in [-0.1, -0.05) is 13.8 Å². The summed E-state index contributed by atoms with van der Waals surface area (Å²) in [5.41, 5.74) is -0.619. The fourth-order valence-electron chi connectivity index (χ4n) is 0.870. The lowest BCUT2D eigenvalue weighted by Crippen LogP contribution is -2.31. The van der Waals surface area contributed by atoms with Crippen molar-refractivity contribution in [2.24, 2.45) is 0 Å². The van der Waals surface area contributed by atoms with Gasteiger partial charge in [-0.25, -0.2) is 0 Å². The molecule has 0 aromatic heterocycles. The molecule has 84 valence electrons. The monoisotopic (exact) mass is 224 g/mol. The van der Waals surface area contributed by atoms with Crippen LogP contribution in [-0.4, -0.2) is 27.5 Å². The number of ether oxygens (including phenoxy) is 1. The van der Waals surface area contributed by atoms with E-state index in [1.807, 2.05) is 13.8 Å². The number of hydrogen-bond acceptors (Lipinski definition) is 3. The molecule has 5 nitrogen and oxygen atoms in total. The van der Waals surface area contributed by atoms with Crippen LogP contribution in [0.15, 0.2) is 0 Å². The Labute approximate surface area is 83.6 Å². The molecule has 0 saturated carbocycles. The molecule has 0 aliphatic rings. The van der Waals surface area contributed by atoms with E-state index in [1.54, 1.807) is 6.92 Å². The van der Waals surface area contributed by atoms with Crippen LogP contribution >= 0.6 is 7.60 Å². The first-order valence-corrected chi connectivity index (χ1v) is 6.28. The van der Waals surface area contributed by atoms with E-state index in [1.165, 1.54) is 0 Å². The van der Waals surface area contributed by atoms with E-state index in [9.17, 15) is 9.36 Å². The van der Waals surface area contributed by atoms with Crippen LogP contribution in [0.1, 0.15) is 33.6 Å². The third kappa shape index (κ3) is 5.37. The molecule has 0 bridgehead atoms. The summed E-state index contributed by atoms with van der Waals surface area (Å²) in [6.45, 7) is 5.45. The van der Waals surface area contributed by atoms with Crippen molar-refractivity contribution in [3.8, 4) is 0 Å². The molecular weight excluding hydrogens is 207 g/mol. The lowest BCUT2D eigenvalue weighted by atomic mass is 10.0. The molecule has 0 rings (SSSR count). The van der Waals surface area contributed by atoms with Gasteiger partial charge in [0.05, 0.1) is 0 Å². The molecule has 0 atom stereocenters. The van der Waals surface area contributed by atoms with Crippen LogP contribution in [0.5, 0.6) is 0 Å². The first kappa shape index (κ1) is 13.6. The molecule has 0 saturated heterocycles. The number of esters is 1. The van der Waals surface area contributed by atoms with E-state index in [0.29, 0.717) is 12.8 Å². The Bertz CT molecular complexity index is 240. The molecule has 0 radical (unpaired) electrons. The normalized spacial score (nSPS) is 12.6. The van der Waals surface area contributed by atoms with Gasteiger partial charge in [0.1, 0.15) is 11.8 Å². The molecule has 0 aliphatic carbocycles. The largest absolute Gasteiger partial charge is 0.459 e. The summed E-state index contributed by atoms with van der Waals surface area (Å²) in [4.78, 5) is 28.2. The van der Waals surface area contributed by atoms with E-state index >= 15 is 0 Å². The van der Waals surface area contributed by atoms with Crippen LogP contribution in [0.3, 0.4) is 0 Å². The Kier molecular flexibility index (Phi) is 4.78. The van der Waals surface area contributed by atoms with Crippen molar-refractivity contribution in [1.29, 1.82) is 0 Å². The minimum absolute atomic E-state index is 0.619. The molecule has 0 unspecified atom stereocenters. The van der Waals surface area contributed by atoms with E-state index in [2.05, 4.69) is 0 Å². The molecule has 0 fully saturated rings. The van der Waals surface area contributed by atoms with Crippen LogP contribution in [-0.2, 0) is 14.1 Å². The Morgan fingerprint density at radius 2 is 1.79 bits per heavy atom. The molecule has 2 N–H and O–H groups in total. The molecule has 6 heteroatoms. The molecule has 0 aliphatic heterocycles. The number of carbonyl (C=O) groups excluding carboxylic acids is 1. The second kappa shape index (κ2) is 4.91. The van der Waals surface area contributed by atoms with Crippen molar-refractivity contribution in [3.05, 3.63) is 0 Å². The molecule has 14 heavy (non-hydrogen) atoms. The summed E-state index contributed by atoms with van der Waals surface area (Å²) >= 11 is 0. The van der Waals surface area contributed by atoms with Gasteiger partial charge in [0.15, 0.2) is 0 Å². The number of hydrogen-bond donors (Lipinski definition) is 2. The highest BCUT2D eigenvalue weighted by atomic mass is 31.2. The highest BCUT2D eigenvalue weighted by Crippen LogP contribution is 2.34. The van der Waals surface area contributed by atoms with Gasteiger partial charge in [0, 0.05) is 0 Å². The molecule has 0 amide bonds. The van der Waals surface area contributed by atoms with Gasteiger partial charge >= 0.3 is 13.6 Å². The predicted octanol–water partition coefficient (Wildman–Crippen LogP) is 1.29. The Balaban J connectivity index is 4.25. The Morgan fingerprint density at radius 1 is 1.36 bits per heavy atom. The Hall–Kier alpha value is -0.380. The third-order valence-electron chi connectivity index (χ3n) is 2.19. The van der Waals surface area contributed by atoms with Gasteiger partial charge in [0.25, 0.3) is 0 Å². The summed E-state index contributed by atoms with van der Waals surface area (Å²) in [7, 11) is -4.30. The minimum atomic E-state index is -4.30. The zero-order valence-electron chi connectivity index (χ0n) is 8.69. The minimum Gasteiger partial charge on any atom is -0.459 e. The zero-order valence-corrected chi connectivity index (χ0v) is 9.58. The van der Waals surface area contributed by atoms with Gasteiger partial charge in [-0.05, 0) is 19.8 Å². The third-order valence-corrected chi connectivity index (χ3v) is 2.86. The maximum Gasteiger partial charge on any atom is 0.336 e. The van der Waals surface area contributed by atoms with Crippen LogP contribution in [0.2, 0.25) is 0 Å². The van der Waals surface area contributed by atoms with Gasteiger partial charge in [-0.3, -0.25) is 9.36 Å². The maximum absolute atomic E-state index is 11.1. The van der Waals surface area contributed by atoms with E-state index in [4.69, 9.17) is 14.5 Å². The summed E-state index contributed by atoms with van der Waals surface area (Å²) < 4.78 is 15.5. The highest BCUT2D eigenvalue weighted by molar-refractivity contribution is 7.52. The fourth-order valence-corrected chi connectivity index (χ4v) is 1.27. The van der Waals surface area contributed by atoms with Crippen molar-refractivity contribution in [1.82, 2.24) is 0 Å². The quantitative estimate of drug-likeness (QED) is 0.543. The predicted molar refractivity (Wildman–Crippen MR) is 52.0 cm³/mol. The maximum atomic E-state index is 11.1. The SMILES string of the molecule is CCC(C)(CC)OC(=O)CP(=O)(O)O. The van der Waals surface area contributed by atoms with Crippen molar-refractivity contribution in [3.63, 3.8) is 0 Å². The van der Waals surface area contributed by atoms with Crippen LogP contribution in [0.25, 0.3) is 0 Å². The number of rotatable bonds is 5. The zero-order chi connectivity index (χ0) is 11.4. The lowest BCUT2D eigenvalue weighted by molar-refractivity contribution is -0.155. The van der Waals surface area contributed by atoms with Crippen LogP contribution in [0, 0.1) is 0 Å². The standard InChI is InChI=1S/C8H17O5P/c1-4-8(3,5-2)13-7(9)6-14(10,11)12/h4-6H2,1-3H3,(H2,10,11,12). The highest BCUT2D eigenvalue weighted by Gasteiger charge is 2.28. The Morgan fingerprint density at radius 3 is 2.07 bits per heavy atom.